The highest BCUT2D eigenvalue weighted by Gasteiger charge is 2.30. The molecule has 0 spiro atoms. The number of carbonyl (C=O) groups is 2. The quantitative estimate of drug-likeness (QED) is 0.792. The predicted octanol–water partition coefficient (Wildman–Crippen LogP) is 3.30. The Hall–Kier alpha value is -2.03. The first-order valence-corrected chi connectivity index (χ1v) is 10.6. The summed E-state index contributed by atoms with van der Waals surface area (Å²) in [6.45, 7) is 4.22. The van der Waals surface area contributed by atoms with Crippen molar-refractivity contribution < 1.29 is 18.0 Å². The molecule has 0 radical (unpaired) electrons. The summed E-state index contributed by atoms with van der Waals surface area (Å²) in [5, 5.41) is 2.73. The molecule has 1 aliphatic rings. The Kier molecular flexibility index (Phi) is 5.27. The molecule has 1 aromatic heterocycles. The number of amides is 1. The van der Waals surface area contributed by atoms with Gasteiger partial charge >= 0.3 is 0 Å². The topological polar surface area (TPSA) is 83.5 Å². The van der Waals surface area contributed by atoms with Crippen molar-refractivity contribution in [3.8, 4) is 0 Å². The van der Waals surface area contributed by atoms with E-state index in [1.165, 1.54) is 17.3 Å². The average Bonchev–Trinajstić information content (AvgIpc) is 3.25. The molecule has 8 heteroatoms. The Morgan fingerprint density at radius 2 is 1.85 bits per heavy atom. The minimum absolute atomic E-state index is 0.0907. The van der Waals surface area contributed by atoms with Crippen LogP contribution in [0.5, 0.6) is 0 Å². The summed E-state index contributed by atoms with van der Waals surface area (Å²) in [5.74, 6) is -0.478. The zero-order valence-corrected chi connectivity index (χ0v) is 16.2. The molecule has 0 aliphatic carbocycles. The number of benzene rings is 1. The number of carbonyl (C=O) groups excluding carboxylic acids is 2. The fourth-order valence-electron chi connectivity index (χ4n) is 2.91. The van der Waals surface area contributed by atoms with Crippen molar-refractivity contribution in [2.24, 2.45) is 0 Å². The van der Waals surface area contributed by atoms with Gasteiger partial charge in [0.2, 0.25) is 10.0 Å². The third-order valence-corrected chi connectivity index (χ3v) is 7.51. The van der Waals surface area contributed by atoms with Crippen molar-refractivity contribution >= 4 is 38.7 Å². The molecule has 1 N–H and O–H groups in total. The first kappa shape index (κ1) is 18.8. The summed E-state index contributed by atoms with van der Waals surface area (Å²) in [6, 6.07) is 8.09. The van der Waals surface area contributed by atoms with Crippen LogP contribution in [0.3, 0.4) is 0 Å². The minimum Gasteiger partial charge on any atom is -0.321 e. The van der Waals surface area contributed by atoms with E-state index < -0.39 is 10.0 Å². The van der Waals surface area contributed by atoms with E-state index in [2.05, 4.69) is 5.32 Å². The highest BCUT2D eigenvalue weighted by molar-refractivity contribution is 7.89. The van der Waals surface area contributed by atoms with Crippen molar-refractivity contribution in [1.29, 1.82) is 0 Å². The van der Waals surface area contributed by atoms with Crippen LogP contribution in [0.25, 0.3) is 0 Å². The van der Waals surface area contributed by atoms with Gasteiger partial charge < -0.3 is 5.32 Å². The Labute approximate surface area is 156 Å². The molecule has 1 aliphatic heterocycles. The molecule has 138 valence electrons. The Morgan fingerprint density at radius 1 is 1.15 bits per heavy atom. The summed E-state index contributed by atoms with van der Waals surface area (Å²) in [6.07, 6.45) is 1.73. The third-order valence-electron chi connectivity index (χ3n) is 4.31. The second-order valence-corrected chi connectivity index (χ2v) is 9.40. The van der Waals surface area contributed by atoms with Crippen molar-refractivity contribution in [3.63, 3.8) is 0 Å². The van der Waals surface area contributed by atoms with Crippen LogP contribution in [0.15, 0.2) is 35.2 Å². The molecule has 0 bridgehead atoms. The molecule has 1 fully saturated rings. The fraction of sp³-hybridized carbons (Fsp3) is 0.333. The minimum atomic E-state index is -3.55. The molecule has 1 aromatic carbocycles. The second kappa shape index (κ2) is 7.30. The van der Waals surface area contributed by atoms with Crippen molar-refractivity contribution in [2.45, 2.75) is 31.6 Å². The monoisotopic (exact) mass is 392 g/mol. The molecule has 3 rings (SSSR count). The predicted molar refractivity (Wildman–Crippen MR) is 101 cm³/mol. The van der Waals surface area contributed by atoms with E-state index in [4.69, 9.17) is 0 Å². The Balaban J connectivity index is 1.83. The molecule has 2 heterocycles. The van der Waals surface area contributed by atoms with E-state index in [0.717, 1.165) is 24.2 Å². The zero-order valence-electron chi connectivity index (χ0n) is 14.6. The maximum absolute atomic E-state index is 12.7. The lowest BCUT2D eigenvalue weighted by Gasteiger charge is -2.14. The second-order valence-electron chi connectivity index (χ2n) is 6.23. The summed E-state index contributed by atoms with van der Waals surface area (Å²) >= 11 is 1.15. The molecule has 1 saturated heterocycles. The van der Waals surface area contributed by atoms with Crippen LogP contribution in [0.4, 0.5) is 5.69 Å². The first-order valence-electron chi connectivity index (χ1n) is 8.32. The molecule has 0 atom stereocenters. The van der Waals surface area contributed by atoms with Gasteiger partial charge in [-0.2, -0.15) is 4.31 Å². The number of anilines is 1. The average molecular weight is 393 g/mol. The van der Waals surface area contributed by atoms with Crippen LogP contribution >= 0.6 is 11.3 Å². The van der Waals surface area contributed by atoms with Gasteiger partial charge in [-0.25, -0.2) is 8.42 Å². The van der Waals surface area contributed by atoms with Crippen molar-refractivity contribution in [1.82, 2.24) is 4.31 Å². The van der Waals surface area contributed by atoms with Gasteiger partial charge in [0.25, 0.3) is 5.91 Å². The summed E-state index contributed by atoms with van der Waals surface area (Å²) in [7, 11) is -3.55. The standard InChI is InChI=1S/C18H20N2O4S2/c1-12(21)14-6-5-7-15(10-14)19-18(22)16-11-17(13(2)25-16)26(23,24)20-8-3-4-9-20/h5-7,10-11H,3-4,8-9H2,1-2H3,(H,19,22). The molecule has 26 heavy (non-hydrogen) atoms. The van der Waals surface area contributed by atoms with Crippen molar-refractivity contribution in [2.75, 3.05) is 18.4 Å². The Bertz CT molecular complexity index is 957. The van der Waals surface area contributed by atoms with E-state index in [9.17, 15) is 18.0 Å². The van der Waals surface area contributed by atoms with Gasteiger partial charge in [-0.3, -0.25) is 9.59 Å². The van der Waals surface area contributed by atoms with Crippen LogP contribution in [0, 0.1) is 6.92 Å². The van der Waals surface area contributed by atoms with Gasteiger partial charge in [0.15, 0.2) is 5.78 Å². The van der Waals surface area contributed by atoms with E-state index in [1.807, 2.05) is 0 Å². The van der Waals surface area contributed by atoms with Gasteiger partial charge in [-0.1, -0.05) is 12.1 Å². The summed E-state index contributed by atoms with van der Waals surface area (Å²) < 4.78 is 26.9. The zero-order chi connectivity index (χ0) is 18.9. The number of hydrogen-bond acceptors (Lipinski definition) is 5. The number of hydrogen-bond donors (Lipinski definition) is 1. The highest BCUT2D eigenvalue weighted by atomic mass is 32.2. The number of nitrogens with one attached hydrogen (secondary N) is 1. The SMILES string of the molecule is CC(=O)c1cccc(NC(=O)c2cc(S(=O)(=O)N3CCCC3)c(C)s2)c1. The normalized spacial score (nSPS) is 15.2. The molecule has 6 nitrogen and oxygen atoms in total. The summed E-state index contributed by atoms with van der Waals surface area (Å²) in [4.78, 5) is 25.1. The lowest BCUT2D eigenvalue weighted by molar-refractivity contribution is 0.101. The molecular weight excluding hydrogens is 372 g/mol. The fourth-order valence-corrected chi connectivity index (χ4v) is 5.88. The maximum Gasteiger partial charge on any atom is 0.265 e. The number of Topliss-reactive ketones (excluding diaryl/α,β-unsaturated/α-hetero) is 1. The number of thiophene rings is 1. The maximum atomic E-state index is 12.7. The van der Waals surface area contributed by atoms with E-state index in [0.29, 0.717) is 34.1 Å². The van der Waals surface area contributed by atoms with Gasteiger partial charge in [-0.15, -0.1) is 11.3 Å². The van der Waals surface area contributed by atoms with Crippen LogP contribution in [-0.4, -0.2) is 37.5 Å². The van der Waals surface area contributed by atoms with Crippen LogP contribution < -0.4 is 5.32 Å². The third kappa shape index (κ3) is 3.72. The van der Waals surface area contributed by atoms with E-state index >= 15 is 0 Å². The van der Waals surface area contributed by atoms with Crippen LogP contribution in [-0.2, 0) is 10.0 Å². The van der Waals surface area contributed by atoms with Gasteiger partial charge in [0, 0.05) is 29.2 Å². The lowest BCUT2D eigenvalue weighted by atomic mass is 10.1. The summed E-state index contributed by atoms with van der Waals surface area (Å²) in [5.41, 5.74) is 1.00. The number of sulfonamides is 1. The number of nitrogens with zero attached hydrogens (tertiary/aromatic N) is 1. The van der Waals surface area contributed by atoms with E-state index in [1.54, 1.807) is 31.2 Å². The van der Waals surface area contributed by atoms with E-state index in [-0.39, 0.29) is 16.6 Å². The van der Waals surface area contributed by atoms with Gasteiger partial charge in [-0.05, 0) is 44.9 Å². The Morgan fingerprint density at radius 3 is 2.50 bits per heavy atom. The molecule has 0 saturated carbocycles. The van der Waals surface area contributed by atoms with Gasteiger partial charge in [0.05, 0.1) is 9.77 Å². The molecular formula is C18H20N2O4S2. The smallest absolute Gasteiger partial charge is 0.265 e. The van der Waals surface area contributed by atoms with Crippen molar-refractivity contribution in [3.05, 3.63) is 45.6 Å². The largest absolute Gasteiger partial charge is 0.321 e. The number of aryl methyl sites for hydroxylation is 1. The molecule has 0 unspecified atom stereocenters. The van der Waals surface area contributed by atoms with Gasteiger partial charge in [0.1, 0.15) is 0 Å². The number of rotatable bonds is 5. The highest BCUT2D eigenvalue weighted by Crippen LogP contribution is 2.30. The number of ketones is 1. The molecule has 2 aromatic rings. The van der Waals surface area contributed by atoms with Crippen LogP contribution in [0.2, 0.25) is 0 Å². The molecule has 1 amide bonds. The first-order chi connectivity index (χ1) is 12.3. The van der Waals surface area contributed by atoms with Crippen LogP contribution in [0.1, 0.15) is 44.7 Å². The lowest BCUT2D eigenvalue weighted by Crippen LogP contribution is -2.28.